The molecule has 0 saturated carbocycles. The summed E-state index contributed by atoms with van der Waals surface area (Å²) in [6.07, 6.45) is 8.90. The molecule has 120 valence electrons. The predicted octanol–water partition coefficient (Wildman–Crippen LogP) is 3.77. The summed E-state index contributed by atoms with van der Waals surface area (Å²) in [7, 11) is 0. The minimum atomic E-state index is 0.0909. The number of furan rings is 1. The third kappa shape index (κ3) is 2.40. The maximum Gasteiger partial charge on any atom is 0.268 e. The van der Waals surface area contributed by atoms with Crippen molar-refractivity contribution in [1.29, 1.82) is 5.26 Å². The van der Waals surface area contributed by atoms with E-state index in [0.717, 1.165) is 46.8 Å². The number of halogens is 1. The van der Waals surface area contributed by atoms with Gasteiger partial charge < -0.3 is 10.2 Å². The molecular weight excluding hydrogens is 369 g/mol. The van der Waals surface area contributed by atoms with E-state index in [9.17, 15) is 5.26 Å². The van der Waals surface area contributed by atoms with Gasteiger partial charge in [-0.3, -0.25) is 0 Å². The zero-order valence-corrected chi connectivity index (χ0v) is 14.5. The van der Waals surface area contributed by atoms with Gasteiger partial charge in [0.2, 0.25) is 0 Å². The number of fused-ring (bicyclic) bond motifs is 1. The largest absolute Gasteiger partial charge is 0.472 e. The molecule has 4 rings (SSSR count). The van der Waals surface area contributed by atoms with Crippen LogP contribution < -0.4 is 5.73 Å². The number of aromatic nitrogens is 3. The average molecular weight is 384 g/mol. The summed E-state index contributed by atoms with van der Waals surface area (Å²) < 4.78 is 7.59. The number of hydrogen-bond acceptors (Lipinski definition) is 5. The highest BCUT2D eigenvalue weighted by Crippen LogP contribution is 2.39. The van der Waals surface area contributed by atoms with Gasteiger partial charge in [0.05, 0.1) is 28.9 Å². The summed E-state index contributed by atoms with van der Waals surface area (Å²) in [4.78, 5) is 4.87. The van der Waals surface area contributed by atoms with Gasteiger partial charge >= 0.3 is 0 Å². The van der Waals surface area contributed by atoms with Gasteiger partial charge in [-0.05, 0) is 34.3 Å². The Morgan fingerprint density at radius 2 is 2.38 bits per heavy atom. The molecule has 24 heavy (non-hydrogen) atoms. The molecule has 4 heterocycles. The fourth-order valence-corrected chi connectivity index (χ4v) is 4.04. The molecule has 0 amide bonds. The van der Waals surface area contributed by atoms with E-state index in [1.165, 1.54) is 0 Å². The van der Waals surface area contributed by atoms with Crippen LogP contribution in [0.4, 0.5) is 5.82 Å². The van der Waals surface area contributed by atoms with Crippen molar-refractivity contribution >= 4 is 34.1 Å². The zero-order chi connectivity index (χ0) is 16.7. The number of nitrogen functional groups attached to an aromatic ring is 1. The van der Waals surface area contributed by atoms with Gasteiger partial charge in [0, 0.05) is 17.1 Å². The number of hydrogen-bond donors (Lipinski definition) is 1. The summed E-state index contributed by atoms with van der Waals surface area (Å²) >= 11 is 3.59. The Balaban J connectivity index is 1.85. The van der Waals surface area contributed by atoms with Gasteiger partial charge in [0.25, 0.3) is 6.71 Å². The van der Waals surface area contributed by atoms with E-state index >= 15 is 0 Å². The quantitative estimate of drug-likeness (QED) is 0.679. The molecule has 1 saturated heterocycles. The van der Waals surface area contributed by atoms with Crippen LogP contribution in [0.1, 0.15) is 24.5 Å². The van der Waals surface area contributed by atoms with Crippen molar-refractivity contribution in [1.82, 2.24) is 14.6 Å². The lowest BCUT2D eigenvalue weighted by atomic mass is 9.41. The number of nitriles is 1. The summed E-state index contributed by atoms with van der Waals surface area (Å²) in [6, 6.07) is 1.88. The maximum atomic E-state index is 9.26. The Morgan fingerprint density at radius 3 is 3.12 bits per heavy atom. The van der Waals surface area contributed by atoms with Gasteiger partial charge in [0.1, 0.15) is 5.82 Å². The first-order valence-corrected chi connectivity index (χ1v) is 8.73. The molecule has 0 aromatic carbocycles. The maximum absolute atomic E-state index is 9.26. The average Bonchev–Trinajstić information content (AvgIpc) is 3.27. The molecule has 1 unspecified atom stereocenters. The fourth-order valence-electron chi connectivity index (χ4n) is 3.46. The lowest BCUT2D eigenvalue weighted by molar-refractivity contribution is 0.568. The lowest BCUT2D eigenvalue weighted by Crippen LogP contribution is -2.21. The summed E-state index contributed by atoms with van der Waals surface area (Å²) in [5.41, 5.74) is 9.73. The van der Waals surface area contributed by atoms with Gasteiger partial charge in [-0.1, -0.05) is 19.1 Å². The molecule has 1 aliphatic rings. The van der Waals surface area contributed by atoms with E-state index in [-0.39, 0.29) is 12.6 Å². The monoisotopic (exact) mass is 383 g/mol. The molecule has 3 aromatic heterocycles. The number of nitrogens with zero attached hydrogens (tertiary/aromatic N) is 4. The smallest absolute Gasteiger partial charge is 0.268 e. The molecular formula is C16H15BBrN5O. The predicted molar refractivity (Wildman–Crippen MR) is 95.8 cm³/mol. The molecule has 0 radical (unpaired) electrons. The van der Waals surface area contributed by atoms with Gasteiger partial charge in [-0.2, -0.15) is 9.61 Å². The zero-order valence-electron chi connectivity index (χ0n) is 12.9. The second-order valence-electron chi connectivity index (χ2n) is 6.19. The first kappa shape index (κ1) is 15.3. The van der Waals surface area contributed by atoms with Crippen LogP contribution in [-0.2, 0) is 0 Å². The molecule has 0 aliphatic carbocycles. The molecule has 8 heteroatoms. The Kier molecular flexibility index (Phi) is 3.81. The topological polar surface area (TPSA) is 93.1 Å². The van der Waals surface area contributed by atoms with Crippen LogP contribution >= 0.6 is 15.9 Å². The Hall–Kier alpha value is -2.27. The highest BCUT2D eigenvalue weighted by atomic mass is 79.9. The number of anilines is 1. The van der Waals surface area contributed by atoms with Gasteiger partial charge in [-0.25, -0.2) is 10.2 Å². The van der Waals surface area contributed by atoms with Crippen LogP contribution in [0.15, 0.2) is 33.7 Å². The standard InChI is InChI=1S/C16H15BBrN5O/c18-13-14(10-2-1-4-17(6-10)9-19)22-16-12(11-3-5-24-8-11)7-21-23(16)15(13)20/h3,5,7-8,10H,1-2,4,6,20H2. The van der Waals surface area contributed by atoms with Crippen LogP contribution in [0.3, 0.4) is 0 Å². The molecule has 1 aliphatic heterocycles. The highest BCUT2D eigenvalue weighted by Gasteiger charge is 2.30. The molecule has 2 N–H and O–H groups in total. The van der Waals surface area contributed by atoms with Crippen molar-refractivity contribution < 1.29 is 4.42 Å². The van der Waals surface area contributed by atoms with Crippen molar-refractivity contribution in [2.24, 2.45) is 0 Å². The number of rotatable bonds is 2. The van der Waals surface area contributed by atoms with Crippen molar-refractivity contribution in [3.8, 4) is 17.1 Å². The van der Waals surface area contributed by atoms with Crippen molar-refractivity contribution in [2.75, 3.05) is 5.73 Å². The van der Waals surface area contributed by atoms with Crippen LogP contribution in [-0.4, -0.2) is 21.3 Å². The Bertz CT molecular complexity index is 930. The normalized spacial score (nSPS) is 18.0. The second kappa shape index (κ2) is 5.98. The molecule has 0 spiro atoms. The molecule has 1 atom stereocenters. The number of nitrogens with two attached hydrogens (primary N) is 1. The molecule has 3 aromatic rings. The minimum Gasteiger partial charge on any atom is -0.472 e. The molecule has 6 nitrogen and oxygen atoms in total. The van der Waals surface area contributed by atoms with Crippen LogP contribution in [0.25, 0.3) is 16.8 Å². The van der Waals surface area contributed by atoms with E-state index in [0.29, 0.717) is 11.5 Å². The minimum absolute atomic E-state index is 0.0909. The summed E-state index contributed by atoms with van der Waals surface area (Å²) in [5, 5.41) is 13.6. The van der Waals surface area contributed by atoms with E-state index in [1.807, 2.05) is 6.07 Å². The van der Waals surface area contributed by atoms with E-state index in [2.05, 4.69) is 27.0 Å². The van der Waals surface area contributed by atoms with E-state index < -0.39 is 0 Å². The lowest BCUT2D eigenvalue weighted by Gasteiger charge is -2.24. The molecule has 0 bridgehead atoms. The fraction of sp³-hybridized carbons (Fsp3) is 0.312. The van der Waals surface area contributed by atoms with Crippen molar-refractivity contribution in [3.05, 3.63) is 35.0 Å². The van der Waals surface area contributed by atoms with Crippen molar-refractivity contribution in [2.45, 2.75) is 31.4 Å². The summed E-state index contributed by atoms with van der Waals surface area (Å²) in [5.74, 6) is 3.16. The van der Waals surface area contributed by atoms with Gasteiger partial charge in [-0.15, -0.1) is 0 Å². The third-order valence-corrected chi connectivity index (χ3v) is 5.54. The van der Waals surface area contributed by atoms with E-state index in [4.69, 9.17) is 15.1 Å². The summed E-state index contributed by atoms with van der Waals surface area (Å²) in [6.45, 7) is 0.0909. The first-order valence-electron chi connectivity index (χ1n) is 7.93. The Labute approximate surface area is 147 Å². The highest BCUT2D eigenvalue weighted by molar-refractivity contribution is 9.10. The third-order valence-electron chi connectivity index (χ3n) is 4.72. The van der Waals surface area contributed by atoms with Crippen molar-refractivity contribution in [3.63, 3.8) is 0 Å². The first-order chi connectivity index (χ1) is 11.7. The SMILES string of the molecule is N#CB1CCCC(c2nc3c(-c4ccoc4)cnn3c(N)c2Br)C1. The van der Waals surface area contributed by atoms with E-state index in [1.54, 1.807) is 23.2 Å². The Morgan fingerprint density at radius 1 is 1.50 bits per heavy atom. The van der Waals surface area contributed by atoms with Crippen LogP contribution in [0.5, 0.6) is 0 Å². The molecule has 1 fully saturated rings. The van der Waals surface area contributed by atoms with Crippen LogP contribution in [0, 0.1) is 11.2 Å². The second-order valence-corrected chi connectivity index (χ2v) is 6.98. The van der Waals surface area contributed by atoms with Gasteiger partial charge in [0.15, 0.2) is 5.65 Å². The van der Waals surface area contributed by atoms with Crippen LogP contribution in [0.2, 0.25) is 12.6 Å².